The van der Waals surface area contributed by atoms with Crippen LogP contribution in [0.3, 0.4) is 0 Å². The highest BCUT2D eigenvalue weighted by Gasteiger charge is 2.17. The molecule has 0 aliphatic carbocycles. The lowest BCUT2D eigenvalue weighted by Gasteiger charge is -2.21. The molecule has 0 aliphatic rings. The van der Waals surface area contributed by atoms with Crippen LogP contribution in [0.25, 0.3) is 0 Å². The maximum atomic E-state index is 11.4. The number of hydrogen-bond donors (Lipinski definition) is 1. The number of hydrogen-bond acceptors (Lipinski definition) is 5. The average molecular weight is 263 g/mol. The molecule has 0 radical (unpaired) electrons. The van der Waals surface area contributed by atoms with Crippen LogP contribution in [0, 0.1) is 0 Å². The molecule has 0 aromatic carbocycles. The number of amides is 1. The minimum absolute atomic E-state index is 0.0560. The highest BCUT2D eigenvalue weighted by Crippen LogP contribution is 2.08. The number of nitrogens with one attached hydrogen (secondary N) is 1. The van der Waals surface area contributed by atoms with Crippen LogP contribution in [0.4, 0.5) is 4.79 Å². The van der Waals surface area contributed by atoms with Gasteiger partial charge in [-0.15, -0.1) is 11.8 Å². The zero-order chi connectivity index (χ0) is 13.5. The van der Waals surface area contributed by atoms with Crippen molar-refractivity contribution in [3.05, 3.63) is 0 Å². The van der Waals surface area contributed by atoms with Crippen molar-refractivity contribution in [3.8, 4) is 0 Å². The molecule has 100 valence electrons. The molecule has 6 heteroatoms. The predicted octanol–water partition coefficient (Wildman–Crippen LogP) is 1.81. The summed E-state index contributed by atoms with van der Waals surface area (Å²) in [6.45, 7) is 7.28. The normalized spacial score (nSPS) is 12.8. The lowest BCUT2D eigenvalue weighted by Crippen LogP contribution is -2.38. The van der Waals surface area contributed by atoms with Crippen LogP contribution >= 0.6 is 11.8 Å². The molecule has 5 nitrogen and oxygen atoms in total. The smallest absolute Gasteiger partial charge is 0.407 e. The number of esters is 1. The standard InChI is InChI=1S/C11H21NO4S/c1-8(6-17-7-9(13)15-5)12-10(14)16-11(2,3)4/h8H,6-7H2,1-5H3,(H,12,14). The Morgan fingerprint density at radius 2 is 1.94 bits per heavy atom. The van der Waals surface area contributed by atoms with Gasteiger partial charge in [0.25, 0.3) is 0 Å². The fraction of sp³-hybridized carbons (Fsp3) is 0.818. The quantitative estimate of drug-likeness (QED) is 0.766. The Labute approximate surface area is 107 Å². The van der Waals surface area contributed by atoms with E-state index in [-0.39, 0.29) is 17.8 Å². The third kappa shape index (κ3) is 9.99. The van der Waals surface area contributed by atoms with E-state index in [0.717, 1.165) is 0 Å². The zero-order valence-electron chi connectivity index (χ0n) is 11.0. The van der Waals surface area contributed by atoms with Crippen molar-refractivity contribution in [2.45, 2.75) is 39.3 Å². The second kappa shape index (κ2) is 7.42. The van der Waals surface area contributed by atoms with Gasteiger partial charge in [0, 0.05) is 11.8 Å². The highest BCUT2D eigenvalue weighted by molar-refractivity contribution is 7.99. The Kier molecular flexibility index (Phi) is 7.03. The zero-order valence-corrected chi connectivity index (χ0v) is 11.8. The van der Waals surface area contributed by atoms with Crippen LogP contribution in [0.2, 0.25) is 0 Å². The summed E-state index contributed by atoms with van der Waals surface area (Å²) in [6.07, 6.45) is -0.441. The Morgan fingerprint density at radius 1 is 1.35 bits per heavy atom. The first-order valence-corrected chi connectivity index (χ1v) is 6.54. The molecule has 0 fully saturated rings. The Morgan fingerprint density at radius 3 is 2.41 bits per heavy atom. The summed E-state index contributed by atoms with van der Waals surface area (Å²) in [4.78, 5) is 22.2. The van der Waals surface area contributed by atoms with Gasteiger partial charge in [-0.2, -0.15) is 0 Å². The van der Waals surface area contributed by atoms with E-state index in [4.69, 9.17) is 4.74 Å². The monoisotopic (exact) mass is 263 g/mol. The third-order valence-corrected chi connectivity index (χ3v) is 2.75. The molecule has 1 atom stereocenters. The number of carbonyl (C=O) groups is 2. The van der Waals surface area contributed by atoms with Crippen LogP contribution in [0.5, 0.6) is 0 Å². The van der Waals surface area contributed by atoms with Gasteiger partial charge in [-0.1, -0.05) is 0 Å². The molecule has 1 unspecified atom stereocenters. The molecular weight excluding hydrogens is 242 g/mol. The van der Waals surface area contributed by atoms with Crippen LogP contribution < -0.4 is 5.32 Å². The minimum atomic E-state index is -0.497. The largest absolute Gasteiger partial charge is 0.468 e. The van der Waals surface area contributed by atoms with E-state index < -0.39 is 11.7 Å². The molecule has 0 spiro atoms. The van der Waals surface area contributed by atoms with Gasteiger partial charge in [-0.25, -0.2) is 4.79 Å². The number of alkyl carbamates (subject to hydrolysis) is 1. The number of ether oxygens (including phenoxy) is 2. The number of carbonyl (C=O) groups excluding carboxylic acids is 2. The van der Waals surface area contributed by atoms with Crippen molar-refractivity contribution in [2.75, 3.05) is 18.6 Å². The first-order valence-electron chi connectivity index (χ1n) is 5.38. The molecule has 1 N–H and O–H groups in total. The molecule has 0 heterocycles. The molecule has 1 amide bonds. The van der Waals surface area contributed by atoms with E-state index in [9.17, 15) is 9.59 Å². The van der Waals surface area contributed by atoms with Crippen LogP contribution in [0.1, 0.15) is 27.7 Å². The van der Waals surface area contributed by atoms with E-state index in [1.165, 1.54) is 18.9 Å². The predicted molar refractivity (Wildman–Crippen MR) is 68.2 cm³/mol. The lowest BCUT2D eigenvalue weighted by molar-refractivity contribution is -0.137. The molecule has 0 saturated heterocycles. The Bertz CT molecular complexity index is 263. The summed E-state index contributed by atoms with van der Waals surface area (Å²) in [5.41, 5.74) is -0.497. The molecule has 0 aromatic heterocycles. The van der Waals surface area contributed by atoms with E-state index in [1.807, 2.05) is 27.7 Å². The summed E-state index contributed by atoms with van der Waals surface area (Å²) in [7, 11) is 1.35. The van der Waals surface area contributed by atoms with Crippen molar-refractivity contribution < 1.29 is 19.1 Å². The van der Waals surface area contributed by atoms with Crippen LogP contribution in [-0.2, 0) is 14.3 Å². The molecule has 0 bridgehead atoms. The van der Waals surface area contributed by atoms with Crippen molar-refractivity contribution in [1.29, 1.82) is 0 Å². The van der Waals surface area contributed by atoms with Crippen molar-refractivity contribution in [1.82, 2.24) is 5.32 Å². The van der Waals surface area contributed by atoms with Gasteiger partial charge in [0.2, 0.25) is 0 Å². The summed E-state index contributed by atoms with van der Waals surface area (Å²) in [6, 6.07) is -0.0560. The van der Waals surface area contributed by atoms with E-state index in [1.54, 1.807) is 0 Å². The fourth-order valence-corrected chi connectivity index (χ4v) is 1.77. The molecular formula is C11H21NO4S. The van der Waals surface area contributed by atoms with Crippen LogP contribution in [-0.4, -0.2) is 42.3 Å². The van der Waals surface area contributed by atoms with Gasteiger partial charge in [-0.05, 0) is 27.7 Å². The van der Waals surface area contributed by atoms with Gasteiger partial charge < -0.3 is 14.8 Å². The molecule has 0 aromatic rings. The molecule has 0 aliphatic heterocycles. The van der Waals surface area contributed by atoms with E-state index >= 15 is 0 Å². The SMILES string of the molecule is COC(=O)CSCC(C)NC(=O)OC(C)(C)C. The Hall–Kier alpha value is -0.910. The van der Waals surface area contributed by atoms with E-state index in [0.29, 0.717) is 5.75 Å². The summed E-state index contributed by atoms with van der Waals surface area (Å²) in [5, 5.41) is 2.69. The lowest BCUT2D eigenvalue weighted by atomic mass is 10.2. The fourth-order valence-electron chi connectivity index (χ4n) is 0.928. The number of rotatable bonds is 5. The van der Waals surface area contributed by atoms with E-state index in [2.05, 4.69) is 10.1 Å². The molecule has 0 rings (SSSR count). The van der Waals surface area contributed by atoms with Gasteiger partial charge in [0.05, 0.1) is 12.9 Å². The third-order valence-electron chi connectivity index (χ3n) is 1.58. The van der Waals surface area contributed by atoms with Gasteiger partial charge in [0.15, 0.2) is 0 Å². The maximum Gasteiger partial charge on any atom is 0.407 e. The van der Waals surface area contributed by atoms with Crippen molar-refractivity contribution in [2.24, 2.45) is 0 Å². The summed E-state index contributed by atoms with van der Waals surface area (Å²) in [5.74, 6) is 0.657. The molecule has 0 saturated carbocycles. The van der Waals surface area contributed by atoms with Gasteiger partial charge in [0.1, 0.15) is 5.60 Å². The summed E-state index contributed by atoms with van der Waals surface area (Å²) < 4.78 is 9.61. The second-order valence-corrected chi connectivity index (χ2v) is 5.67. The second-order valence-electron chi connectivity index (χ2n) is 4.64. The van der Waals surface area contributed by atoms with Gasteiger partial charge >= 0.3 is 12.1 Å². The first kappa shape index (κ1) is 16.1. The Balaban J connectivity index is 3.75. The number of methoxy groups -OCH3 is 1. The summed E-state index contributed by atoms with van der Waals surface area (Å²) >= 11 is 1.41. The number of thioether (sulfide) groups is 1. The topological polar surface area (TPSA) is 64.6 Å². The maximum absolute atomic E-state index is 11.4. The van der Waals surface area contributed by atoms with Crippen LogP contribution in [0.15, 0.2) is 0 Å². The van der Waals surface area contributed by atoms with Crippen molar-refractivity contribution in [3.63, 3.8) is 0 Å². The molecule has 17 heavy (non-hydrogen) atoms. The highest BCUT2D eigenvalue weighted by atomic mass is 32.2. The van der Waals surface area contributed by atoms with Crippen molar-refractivity contribution >= 4 is 23.8 Å². The average Bonchev–Trinajstić information content (AvgIpc) is 2.13. The van der Waals surface area contributed by atoms with Gasteiger partial charge in [-0.3, -0.25) is 4.79 Å². The first-order chi connectivity index (χ1) is 7.74. The minimum Gasteiger partial charge on any atom is -0.468 e.